The maximum Gasteiger partial charge on any atom is 0.203 e. The predicted octanol–water partition coefficient (Wildman–Crippen LogP) is 3.08. The van der Waals surface area contributed by atoms with Gasteiger partial charge < -0.3 is 9.88 Å². The van der Waals surface area contributed by atoms with Crippen LogP contribution >= 0.6 is 11.8 Å². The van der Waals surface area contributed by atoms with Gasteiger partial charge in [-0.25, -0.2) is 4.98 Å². The third-order valence-corrected chi connectivity index (χ3v) is 4.27. The van der Waals surface area contributed by atoms with Crippen molar-refractivity contribution in [3.63, 3.8) is 0 Å². The minimum absolute atomic E-state index is 0.258. The zero-order chi connectivity index (χ0) is 11.8. The number of hydrogen-bond acceptors (Lipinski definition) is 3. The summed E-state index contributed by atoms with van der Waals surface area (Å²) < 4.78 is 2.56. The number of hydrogen-bond donors (Lipinski definition) is 1. The second-order valence-electron chi connectivity index (χ2n) is 5.16. The van der Waals surface area contributed by atoms with Gasteiger partial charge in [-0.2, -0.15) is 11.8 Å². The number of imidazole rings is 1. The van der Waals surface area contributed by atoms with E-state index in [1.54, 1.807) is 0 Å². The van der Waals surface area contributed by atoms with Crippen LogP contribution < -0.4 is 5.32 Å². The average molecular weight is 239 g/mol. The molecule has 0 aromatic carbocycles. The standard InChI is InChI=1S/C12H21N3S/c1-9-7-15(10-5-6-10)11(14-9)13-8-12(2,3)16-4/h7,10H,5-6,8H2,1-4H3,(H,13,14). The van der Waals surface area contributed by atoms with Crippen molar-refractivity contribution < 1.29 is 0 Å². The van der Waals surface area contributed by atoms with Gasteiger partial charge in [0.1, 0.15) is 0 Å². The summed E-state index contributed by atoms with van der Waals surface area (Å²) in [7, 11) is 0. The van der Waals surface area contributed by atoms with Crippen molar-refractivity contribution in [2.45, 2.75) is 44.4 Å². The van der Waals surface area contributed by atoms with E-state index in [0.29, 0.717) is 6.04 Å². The molecule has 0 saturated heterocycles. The van der Waals surface area contributed by atoms with E-state index in [4.69, 9.17) is 0 Å². The van der Waals surface area contributed by atoms with Crippen LogP contribution in [0.1, 0.15) is 38.4 Å². The van der Waals surface area contributed by atoms with E-state index in [2.05, 4.69) is 48.1 Å². The summed E-state index contributed by atoms with van der Waals surface area (Å²) in [6.07, 6.45) is 6.92. The van der Waals surface area contributed by atoms with Crippen molar-refractivity contribution in [2.75, 3.05) is 18.1 Å². The van der Waals surface area contributed by atoms with Crippen molar-refractivity contribution in [2.24, 2.45) is 0 Å². The largest absolute Gasteiger partial charge is 0.354 e. The molecule has 4 heteroatoms. The first-order valence-electron chi connectivity index (χ1n) is 5.86. The molecule has 1 aromatic rings. The number of rotatable bonds is 5. The number of thioether (sulfide) groups is 1. The Morgan fingerprint density at radius 1 is 1.56 bits per heavy atom. The van der Waals surface area contributed by atoms with E-state index in [1.807, 2.05) is 11.8 Å². The van der Waals surface area contributed by atoms with Crippen molar-refractivity contribution in [3.05, 3.63) is 11.9 Å². The highest BCUT2D eigenvalue weighted by molar-refractivity contribution is 7.99. The summed E-state index contributed by atoms with van der Waals surface area (Å²) in [5, 5.41) is 3.48. The average Bonchev–Trinajstić information content (AvgIpc) is 3.00. The Morgan fingerprint density at radius 2 is 2.25 bits per heavy atom. The molecular formula is C12H21N3S. The van der Waals surface area contributed by atoms with E-state index in [-0.39, 0.29) is 4.75 Å². The van der Waals surface area contributed by atoms with Crippen molar-refractivity contribution in [3.8, 4) is 0 Å². The van der Waals surface area contributed by atoms with Gasteiger partial charge in [-0.1, -0.05) is 0 Å². The number of nitrogens with zero attached hydrogens (tertiary/aromatic N) is 2. The molecule has 2 rings (SSSR count). The topological polar surface area (TPSA) is 29.9 Å². The first kappa shape index (κ1) is 11.8. The van der Waals surface area contributed by atoms with Crippen molar-refractivity contribution in [1.29, 1.82) is 0 Å². The Labute approximate surface area is 102 Å². The van der Waals surface area contributed by atoms with Gasteiger partial charge in [-0.3, -0.25) is 0 Å². The number of anilines is 1. The fourth-order valence-electron chi connectivity index (χ4n) is 1.64. The lowest BCUT2D eigenvalue weighted by Gasteiger charge is -2.22. The van der Waals surface area contributed by atoms with E-state index in [0.717, 1.165) is 18.2 Å². The molecule has 1 fully saturated rings. The molecule has 1 aliphatic carbocycles. The lowest BCUT2D eigenvalue weighted by molar-refractivity contribution is 0.710. The molecule has 1 N–H and O–H groups in total. The summed E-state index contributed by atoms with van der Waals surface area (Å²) in [5.41, 5.74) is 1.11. The van der Waals surface area contributed by atoms with Crippen LogP contribution in [0.15, 0.2) is 6.20 Å². The maximum atomic E-state index is 4.55. The molecule has 0 atom stereocenters. The third-order valence-electron chi connectivity index (χ3n) is 3.02. The molecule has 0 bridgehead atoms. The minimum atomic E-state index is 0.258. The Balaban J connectivity index is 2.03. The van der Waals surface area contributed by atoms with E-state index in [9.17, 15) is 0 Å². The Hall–Kier alpha value is -0.640. The summed E-state index contributed by atoms with van der Waals surface area (Å²) in [6.45, 7) is 7.52. The minimum Gasteiger partial charge on any atom is -0.354 e. The van der Waals surface area contributed by atoms with Gasteiger partial charge in [0.15, 0.2) is 0 Å². The van der Waals surface area contributed by atoms with E-state index in [1.165, 1.54) is 12.8 Å². The summed E-state index contributed by atoms with van der Waals surface area (Å²) >= 11 is 1.88. The molecule has 1 heterocycles. The fraction of sp³-hybridized carbons (Fsp3) is 0.750. The Morgan fingerprint density at radius 3 is 2.81 bits per heavy atom. The normalized spacial score (nSPS) is 16.5. The molecule has 90 valence electrons. The van der Waals surface area contributed by atoms with Gasteiger partial charge >= 0.3 is 0 Å². The molecule has 0 unspecified atom stereocenters. The first-order chi connectivity index (χ1) is 7.52. The Kier molecular flexibility index (Phi) is 3.19. The van der Waals surface area contributed by atoms with Crippen LogP contribution in [-0.4, -0.2) is 27.1 Å². The molecule has 0 spiro atoms. The summed E-state index contributed by atoms with van der Waals surface area (Å²) in [6, 6.07) is 0.695. The lowest BCUT2D eigenvalue weighted by atomic mass is 10.2. The van der Waals surface area contributed by atoms with Crippen LogP contribution in [0.4, 0.5) is 5.95 Å². The van der Waals surface area contributed by atoms with Gasteiger partial charge in [0.2, 0.25) is 5.95 Å². The summed E-state index contributed by atoms with van der Waals surface area (Å²) in [5.74, 6) is 1.04. The van der Waals surface area contributed by atoms with Gasteiger partial charge in [0.25, 0.3) is 0 Å². The van der Waals surface area contributed by atoms with Crippen molar-refractivity contribution >= 4 is 17.7 Å². The second-order valence-corrected chi connectivity index (χ2v) is 6.68. The molecular weight excluding hydrogens is 218 g/mol. The van der Waals surface area contributed by atoms with Crippen LogP contribution in [0.3, 0.4) is 0 Å². The van der Waals surface area contributed by atoms with Gasteiger partial charge in [-0.05, 0) is 39.9 Å². The molecule has 1 aliphatic rings. The van der Waals surface area contributed by atoms with E-state index < -0.39 is 0 Å². The van der Waals surface area contributed by atoms with Crippen LogP contribution in [-0.2, 0) is 0 Å². The number of aromatic nitrogens is 2. The maximum absolute atomic E-state index is 4.55. The molecule has 0 aliphatic heterocycles. The Bertz CT molecular complexity index is 366. The molecule has 16 heavy (non-hydrogen) atoms. The zero-order valence-corrected chi connectivity index (χ0v) is 11.4. The molecule has 0 radical (unpaired) electrons. The lowest BCUT2D eigenvalue weighted by Crippen LogP contribution is -2.27. The van der Waals surface area contributed by atoms with Crippen molar-refractivity contribution in [1.82, 2.24) is 9.55 Å². The van der Waals surface area contributed by atoms with Gasteiger partial charge in [0, 0.05) is 23.5 Å². The van der Waals surface area contributed by atoms with Crippen LogP contribution in [0.2, 0.25) is 0 Å². The van der Waals surface area contributed by atoms with E-state index >= 15 is 0 Å². The monoisotopic (exact) mass is 239 g/mol. The quantitative estimate of drug-likeness (QED) is 0.856. The van der Waals surface area contributed by atoms with Crippen LogP contribution in [0, 0.1) is 6.92 Å². The third kappa shape index (κ3) is 2.73. The highest BCUT2D eigenvalue weighted by Gasteiger charge is 2.26. The zero-order valence-electron chi connectivity index (χ0n) is 10.6. The first-order valence-corrected chi connectivity index (χ1v) is 7.09. The predicted molar refractivity (Wildman–Crippen MR) is 71.3 cm³/mol. The number of aryl methyl sites for hydroxylation is 1. The number of nitrogens with one attached hydrogen (secondary N) is 1. The van der Waals surface area contributed by atoms with Crippen LogP contribution in [0.5, 0.6) is 0 Å². The smallest absolute Gasteiger partial charge is 0.203 e. The molecule has 0 amide bonds. The fourth-order valence-corrected chi connectivity index (χ4v) is 1.86. The van der Waals surface area contributed by atoms with Crippen LogP contribution in [0.25, 0.3) is 0 Å². The molecule has 1 aromatic heterocycles. The highest BCUT2D eigenvalue weighted by Crippen LogP contribution is 2.37. The SMILES string of the molecule is CSC(C)(C)CNc1nc(C)cn1C1CC1. The molecule has 1 saturated carbocycles. The molecule has 3 nitrogen and oxygen atoms in total. The second kappa shape index (κ2) is 4.32. The van der Waals surface area contributed by atoms with Gasteiger partial charge in [0.05, 0.1) is 5.69 Å². The summed E-state index contributed by atoms with van der Waals surface area (Å²) in [4.78, 5) is 4.55. The van der Waals surface area contributed by atoms with Gasteiger partial charge in [-0.15, -0.1) is 0 Å². The highest BCUT2D eigenvalue weighted by atomic mass is 32.2.